The van der Waals surface area contributed by atoms with Gasteiger partial charge in [-0.05, 0) is 48.9 Å². The van der Waals surface area contributed by atoms with Gasteiger partial charge in [-0.15, -0.1) is 4.83 Å². The number of rotatable bonds is 5. The van der Waals surface area contributed by atoms with Gasteiger partial charge in [0.25, 0.3) is 15.9 Å². The van der Waals surface area contributed by atoms with Gasteiger partial charge in [0.15, 0.2) is 0 Å². The molecule has 9 heteroatoms. The van der Waals surface area contributed by atoms with Crippen LogP contribution in [0.3, 0.4) is 0 Å². The van der Waals surface area contributed by atoms with E-state index in [1.807, 2.05) is 4.83 Å². The van der Waals surface area contributed by atoms with Crippen LogP contribution in [0.15, 0.2) is 47.4 Å². The lowest BCUT2D eigenvalue weighted by Crippen LogP contribution is -2.41. The molecule has 0 aliphatic carbocycles. The predicted octanol–water partition coefficient (Wildman–Crippen LogP) is 1.97. The van der Waals surface area contributed by atoms with Crippen molar-refractivity contribution in [1.29, 1.82) is 0 Å². The highest BCUT2D eigenvalue weighted by Gasteiger charge is 2.20. The Morgan fingerprint density at radius 3 is 2.21 bits per heavy atom. The summed E-state index contributed by atoms with van der Waals surface area (Å²) in [5, 5.41) is 9.40. The van der Waals surface area contributed by atoms with Crippen molar-refractivity contribution >= 4 is 33.5 Å². The first-order valence-corrected chi connectivity index (χ1v) is 8.48. The Balaban J connectivity index is 2.19. The lowest BCUT2D eigenvalue weighted by molar-refractivity contribution is 0.0696. The fraction of sp³-hybridized carbons (Fsp3) is 0.0667. The van der Waals surface area contributed by atoms with Crippen LogP contribution in [0.2, 0.25) is 5.02 Å². The third-order valence-electron chi connectivity index (χ3n) is 3.13. The second kappa shape index (κ2) is 7.00. The summed E-state index contributed by atoms with van der Waals surface area (Å²) in [5.74, 6) is -1.93. The number of carbonyl (C=O) groups is 2. The molecule has 0 aromatic heterocycles. The van der Waals surface area contributed by atoms with Crippen LogP contribution in [-0.2, 0) is 10.0 Å². The number of benzene rings is 2. The summed E-state index contributed by atoms with van der Waals surface area (Å²) in [6.45, 7) is 1.52. The highest BCUT2D eigenvalue weighted by atomic mass is 35.5. The highest BCUT2D eigenvalue weighted by Crippen LogP contribution is 2.17. The molecule has 3 N–H and O–H groups in total. The zero-order chi connectivity index (χ0) is 17.9. The summed E-state index contributed by atoms with van der Waals surface area (Å²) in [6.07, 6.45) is 0. The number of hydrazine groups is 1. The van der Waals surface area contributed by atoms with Crippen LogP contribution in [0.4, 0.5) is 0 Å². The van der Waals surface area contributed by atoms with Crippen LogP contribution in [-0.4, -0.2) is 25.4 Å². The molecule has 0 heterocycles. The molecule has 0 aliphatic rings. The van der Waals surface area contributed by atoms with Gasteiger partial charge in [0.2, 0.25) is 0 Å². The molecule has 0 saturated carbocycles. The standard InChI is InChI=1S/C15H13ClN2O5S/c1-9-2-3-11(15(20)21)8-13(9)24(22,23)18-17-14(19)10-4-6-12(16)7-5-10/h2-8,18H,1H3,(H,17,19)(H,20,21). The SMILES string of the molecule is Cc1ccc(C(=O)O)cc1S(=O)(=O)NNC(=O)c1ccc(Cl)cc1. The van der Waals surface area contributed by atoms with Gasteiger partial charge >= 0.3 is 5.97 Å². The van der Waals surface area contributed by atoms with E-state index in [9.17, 15) is 18.0 Å². The molecule has 0 aliphatic heterocycles. The number of halogens is 1. The Bertz CT molecular complexity index is 895. The highest BCUT2D eigenvalue weighted by molar-refractivity contribution is 7.89. The average Bonchev–Trinajstić information content (AvgIpc) is 2.53. The number of carboxylic acid groups (broad SMARTS) is 1. The number of nitrogens with one attached hydrogen (secondary N) is 2. The van der Waals surface area contributed by atoms with Crippen molar-refractivity contribution < 1.29 is 23.1 Å². The minimum Gasteiger partial charge on any atom is -0.478 e. The maximum atomic E-state index is 12.3. The summed E-state index contributed by atoms with van der Waals surface area (Å²) < 4.78 is 24.6. The monoisotopic (exact) mass is 368 g/mol. The van der Waals surface area contributed by atoms with Gasteiger partial charge in [0.05, 0.1) is 10.5 Å². The van der Waals surface area contributed by atoms with Gasteiger partial charge in [-0.25, -0.2) is 13.2 Å². The van der Waals surface area contributed by atoms with E-state index >= 15 is 0 Å². The quantitative estimate of drug-likeness (QED) is 0.698. The number of sulfonamides is 1. The van der Waals surface area contributed by atoms with Gasteiger partial charge in [0.1, 0.15) is 0 Å². The van der Waals surface area contributed by atoms with E-state index in [-0.39, 0.29) is 16.0 Å². The Kier molecular flexibility index (Phi) is 5.23. The van der Waals surface area contributed by atoms with Crippen molar-refractivity contribution in [3.05, 3.63) is 64.2 Å². The van der Waals surface area contributed by atoms with Crippen molar-refractivity contribution in [3.8, 4) is 0 Å². The van der Waals surface area contributed by atoms with Gasteiger partial charge in [-0.3, -0.25) is 10.2 Å². The predicted molar refractivity (Wildman–Crippen MR) is 87.4 cm³/mol. The maximum absolute atomic E-state index is 12.3. The summed E-state index contributed by atoms with van der Waals surface area (Å²) in [5.41, 5.74) is 2.44. The molecule has 0 saturated heterocycles. The normalized spacial score (nSPS) is 11.1. The van der Waals surface area contributed by atoms with Crippen molar-refractivity contribution in [2.75, 3.05) is 0 Å². The van der Waals surface area contributed by atoms with Crippen LogP contribution in [0, 0.1) is 6.92 Å². The summed E-state index contributed by atoms with van der Waals surface area (Å²) in [6, 6.07) is 9.54. The van der Waals surface area contributed by atoms with Crippen molar-refractivity contribution in [2.24, 2.45) is 0 Å². The Morgan fingerprint density at radius 2 is 1.62 bits per heavy atom. The fourth-order valence-electron chi connectivity index (χ4n) is 1.86. The fourth-order valence-corrected chi connectivity index (χ4v) is 3.10. The zero-order valence-electron chi connectivity index (χ0n) is 12.4. The van der Waals surface area contributed by atoms with E-state index in [0.717, 1.165) is 6.07 Å². The minimum absolute atomic E-state index is 0.176. The second-order valence-corrected chi connectivity index (χ2v) is 6.94. The van der Waals surface area contributed by atoms with E-state index in [2.05, 4.69) is 5.43 Å². The topological polar surface area (TPSA) is 113 Å². The molecule has 2 aromatic carbocycles. The first-order chi connectivity index (χ1) is 11.2. The van der Waals surface area contributed by atoms with Gasteiger partial charge in [0, 0.05) is 10.6 Å². The van der Waals surface area contributed by atoms with E-state index in [0.29, 0.717) is 10.6 Å². The molecule has 2 aromatic rings. The van der Waals surface area contributed by atoms with E-state index in [4.69, 9.17) is 16.7 Å². The van der Waals surface area contributed by atoms with Gasteiger partial charge in [-0.1, -0.05) is 17.7 Å². The molecule has 0 radical (unpaired) electrons. The molecule has 7 nitrogen and oxygen atoms in total. The largest absolute Gasteiger partial charge is 0.478 e. The Hall–Kier alpha value is -2.42. The van der Waals surface area contributed by atoms with Crippen molar-refractivity contribution in [3.63, 3.8) is 0 Å². The lowest BCUT2D eigenvalue weighted by atomic mass is 10.1. The Morgan fingerprint density at radius 1 is 1.04 bits per heavy atom. The van der Waals surface area contributed by atoms with Crippen molar-refractivity contribution in [2.45, 2.75) is 11.8 Å². The maximum Gasteiger partial charge on any atom is 0.335 e. The molecular weight excluding hydrogens is 356 g/mol. The number of amides is 1. The molecule has 0 bridgehead atoms. The number of hydrogen-bond acceptors (Lipinski definition) is 4. The molecule has 24 heavy (non-hydrogen) atoms. The van der Waals surface area contributed by atoms with Crippen LogP contribution < -0.4 is 10.3 Å². The van der Waals surface area contributed by atoms with Gasteiger partial charge < -0.3 is 5.11 Å². The molecule has 1 amide bonds. The minimum atomic E-state index is -4.13. The zero-order valence-corrected chi connectivity index (χ0v) is 14.0. The average molecular weight is 369 g/mol. The molecule has 0 spiro atoms. The summed E-state index contributed by atoms with van der Waals surface area (Å²) in [4.78, 5) is 24.6. The van der Waals surface area contributed by atoms with Gasteiger partial charge in [-0.2, -0.15) is 0 Å². The molecule has 2 rings (SSSR count). The molecule has 0 unspecified atom stereocenters. The van der Waals surface area contributed by atoms with Crippen LogP contribution in [0.1, 0.15) is 26.3 Å². The molecule has 126 valence electrons. The third kappa shape index (κ3) is 4.10. The number of hydrogen-bond donors (Lipinski definition) is 3. The summed E-state index contributed by atoms with van der Waals surface area (Å²) in [7, 11) is -4.13. The third-order valence-corrected chi connectivity index (χ3v) is 4.77. The Labute approximate surface area is 143 Å². The number of carbonyl (C=O) groups excluding carboxylic acids is 1. The molecular formula is C15H13ClN2O5S. The van der Waals surface area contributed by atoms with Crippen LogP contribution >= 0.6 is 11.6 Å². The lowest BCUT2D eigenvalue weighted by Gasteiger charge is -2.11. The second-order valence-electron chi connectivity index (χ2n) is 4.85. The first kappa shape index (κ1) is 17.9. The van der Waals surface area contributed by atoms with Crippen LogP contribution in [0.5, 0.6) is 0 Å². The van der Waals surface area contributed by atoms with E-state index < -0.39 is 21.9 Å². The molecule has 0 fully saturated rings. The number of aryl methyl sites for hydroxylation is 1. The van der Waals surface area contributed by atoms with Crippen molar-refractivity contribution in [1.82, 2.24) is 10.3 Å². The number of aromatic carboxylic acids is 1. The van der Waals surface area contributed by atoms with E-state index in [1.165, 1.54) is 43.3 Å². The molecule has 0 atom stereocenters. The summed E-state index contributed by atoms with van der Waals surface area (Å²) >= 11 is 5.71. The van der Waals surface area contributed by atoms with Crippen LogP contribution in [0.25, 0.3) is 0 Å². The first-order valence-electron chi connectivity index (χ1n) is 6.62. The number of carboxylic acids is 1. The smallest absolute Gasteiger partial charge is 0.335 e. The van der Waals surface area contributed by atoms with E-state index in [1.54, 1.807) is 0 Å².